The van der Waals surface area contributed by atoms with E-state index in [1.54, 1.807) is 35.6 Å². The van der Waals surface area contributed by atoms with Gasteiger partial charge < -0.3 is 19.6 Å². The second-order valence-corrected chi connectivity index (χ2v) is 7.62. The molecule has 2 amide bonds. The third kappa shape index (κ3) is 4.40. The normalized spacial score (nSPS) is 20.5. The van der Waals surface area contributed by atoms with Crippen LogP contribution in [0.25, 0.3) is 0 Å². The van der Waals surface area contributed by atoms with Crippen molar-refractivity contribution in [2.24, 2.45) is 5.16 Å². The van der Waals surface area contributed by atoms with E-state index in [1.807, 2.05) is 12.1 Å². The highest BCUT2D eigenvalue weighted by Crippen LogP contribution is 2.33. The summed E-state index contributed by atoms with van der Waals surface area (Å²) in [6.07, 6.45) is 6.77. The minimum Gasteiger partial charge on any atom is -0.386 e. The van der Waals surface area contributed by atoms with Crippen molar-refractivity contribution < 1.29 is 14.4 Å². The lowest BCUT2D eigenvalue weighted by Gasteiger charge is -2.38. The van der Waals surface area contributed by atoms with Crippen LogP contribution in [0.5, 0.6) is 0 Å². The van der Waals surface area contributed by atoms with Gasteiger partial charge in [-0.1, -0.05) is 17.3 Å². The smallest absolute Gasteiger partial charge is 0.269 e. The van der Waals surface area contributed by atoms with Crippen molar-refractivity contribution in [1.29, 1.82) is 0 Å². The average Bonchev–Trinajstić information content (AvgIpc) is 3.17. The first-order valence-corrected chi connectivity index (χ1v) is 9.90. The molecule has 30 heavy (non-hydrogen) atoms. The molecule has 1 unspecified atom stereocenters. The number of oxime groups is 1. The maximum atomic E-state index is 12.7. The van der Waals surface area contributed by atoms with Crippen molar-refractivity contribution in [1.82, 2.24) is 19.8 Å². The molecule has 9 heteroatoms. The number of likely N-dealkylation sites (tertiary alicyclic amines) is 1. The van der Waals surface area contributed by atoms with Gasteiger partial charge in [-0.25, -0.2) is 0 Å². The third-order valence-electron chi connectivity index (χ3n) is 5.37. The first-order valence-electron chi connectivity index (χ1n) is 9.90. The number of nitrogens with zero attached hydrogens (tertiary/aromatic N) is 4. The lowest BCUT2D eigenvalue weighted by atomic mass is 9.88. The molecule has 1 saturated heterocycles. The number of rotatable bonds is 5. The van der Waals surface area contributed by atoms with E-state index >= 15 is 0 Å². The van der Waals surface area contributed by atoms with Gasteiger partial charge in [-0.3, -0.25) is 19.4 Å². The Morgan fingerprint density at radius 2 is 2.13 bits per heavy atom. The molecule has 1 N–H and O–H groups in total. The Morgan fingerprint density at radius 3 is 2.93 bits per heavy atom. The Balaban J connectivity index is 1.34. The van der Waals surface area contributed by atoms with Crippen LogP contribution in [0.3, 0.4) is 0 Å². The van der Waals surface area contributed by atoms with Gasteiger partial charge in [0.25, 0.3) is 11.5 Å². The summed E-state index contributed by atoms with van der Waals surface area (Å²) < 4.78 is 1.38. The molecular formula is C21H23N5O4. The van der Waals surface area contributed by atoms with E-state index in [0.717, 1.165) is 12.0 Å². The Morgan fingerprint density at radius 1 is 1.23 bits per heavy atom. The third-order valence-corrected chi connectivity index (χ3v) is 5.37. The van der Waals surface area contributed by atoms with Crippen molar-refractivity contribution in [3.05, 3.63) is 64.8 Å². The molecule has 0 aliphatic carbocycles. The number of carbonyl (C=O) groups excluding carboxylic acids is 2. The van der Waals surface area contributed by atoms with Gasteiger partial charge in [0.05, 0.1) is 6.54 Å². The Hall–Kier alpha value is -3.49. The van der Waals surface area contributed by atoms with E-state index in [4.69, 9.17) is 4.84 Å². The molecule has 1 fully saturated rings. The van der Waals surface area contributed by atoms with Crippen molar-refractivity contribution >= 4 is 17.5 Å². The Labute approximate surface area is 173 Å². The van der Waals surface area contributed by atoms with Crippen LogP contribution in [0, 0.1) is 0 Å². The number of hydrogen-bond acceptors (Lipinski definition) is 6. The van der Waals surface area contributed by atoms with Crippen molar-refractivity contribution in [3.63, 3.8) is 0 Å². The van der Waals surface area contributed by atoms with Gasteiger partial charge in [-0.15, -0.1) is 0 Å². The maximum Gasteiger partial charge on any atom is 0.269 e. The number of hydrogen-bond donors (Lipinski definition) is 1. The molecule has 2 aromatic rings. The lowest BCUT2D eigenvalue weighted by Crippen LogP contribution is -2.52. The molecule has 2 aliphatic rings. The fourth-order valence-electron chi connectivity index (χ4n) is 3.80. The zero-order chi connectivity index (χ0) is 21.0. The molecule has 156 valence electrons. The first-order chi connectivity index (χ1) is 14.5. The summed E-state index contributed by atoms with van der Waals surface area (Å²) in [6, 6.07) is 8.48. The minimum atomic E-state index is -0.684. The Bertz CT molecular complexity index is 1020. The van der Waals surface area contributed by atoms with Crippen LogP contribution in [0.15, 0.2) is 58.9 Å². The molecule has 9 nitrogen and oxygen atoms in total. The monoisotopic (exact) mass is 409 g/mol. The number of pyridine rings is 2. The van der Waals surface area contributed by atoms with Gasteiger partial charge in [0.15, 0.2) is 5.60 Å². The SMILES string of the molecule is O=C(NCc1cccnc1)C1=NOC2(CCCN(C(=O)Cn3ccccc3=O)C2)C1. The number of aromatic nitrogens is 2. The predicted molar refractivity (Wildman–Crippen MR) is 108 cm³/mol. The minimum absolute atomic E-state index is 0.0188. The molecule has 0 radical (unpaired) electrons. The largest absolute Gasteiger partial charge is 0.386 e. The highest BCUT2D eigenvalue weighted by Gasteiger charge is 2.45. The van der Waals surface area contributed by atoms with Gasteiger partial charge >= 0.3 is 0 Å². The number of piperidine rings is 1. The fraction of sp³-hybridized carbons (Fsp3) is 0.381. The molecule has 0 saturated carbocycles. The number of amides is 2. The van der Waals surface area contributed by atoms with Crippen molar-refractivity contribution in [3.8, 4) is 0 Å². The Kier molecular flexibility index (Phi) is 5.60. The van der Waals surface area contributed by atoms with E-state index in [9.17, 15) is 14.4 Å². The van der Waals surface area contributed by atoms with E-state index in [2.05, 4.69) is 15.5 Å². The van der Waals surface area contributed by atoms with Crippen LogP contribution in [-0.4, -0.2) is 50.7 Å². The molecule has 0 aromatic carbocycles. The summed E-state index contributed by atoms with van der Waals surface area (Å²) in [5, 5.41) is 6.84. The quantitative estimate of drug-likeness (QED) is 0.782. The predicted octanol–water partition coefficient (Wildman–Crippen LogP) is 0.697. The lowest BCUT2D eigenvalue weighted by molar-refractivity contribution is -0.141. The van der Waals surface area contributed by atoms with E-state index in [0.29, 0.717) is 38.2 Å². The van der Waals surface area contributed by atoms with Gasteiger partial charge in [0.2, 0.25) is 5.91 Å². The zero-order valence-corrected chi connectivity index (χ0v) is 16.5. The topological polar surface area (TPSA) is 106 Å². The van der Waals surface area contributed by atoms with Crippen LogP contribution >= 0.6 is 0 Å². The summed E-state index contributed by atoms with van der Waals surface area (Å²) in [6.45, 7) is 1.27. The van der Waals surface area contributed by atoms with Crippen LogP contribution in [-0.2, 0) is 27.5 Å². The van der Waals surface area contributed by atoms with Crippen molar-refractivity contribution in [2.45, 2.75) is 38.0 Å². The molecule has 2 aliphatic heterocycles. The molecule has 0 bridgehead atoms. The molecule has 1 atom stereocenters. The van der Waals surface area contributed by atoms with Gasteiger partial charge in [-0.05, 0) is 30.5 Å². The summed E-state index contributed by atoms with van der Waals surface area (Å²) in [7, 11) is 0. The summed E-state index contributed by atoms with van der Waals surface area (Å²) >= 11 is 0. The number of carbonyl (C=O) groups is 2. The summed E-state index contributed by atoms with van der Waals surface area (Å²) in [5.74, 6) is -0.435. The second-order valence-electron chi connectivity index (χ2n) is 7.62. The summed E-state index contributed by atoms with van der Waals surface area (Å²) in [5.41, 5.74) is 0.319. The molecule has 4 rings (SSSR count). The summed E-state index contributed by atoms with van der Waals surface area (Å²) in [4.78, 5) is 48.5. The highest BCUT2D eigenvalue weighted by atomic mass is 16.7. The molecular weight excluding hydrogens is 386 g/mol. The van der Waals surface area contributed by atoms with Crippen LogP contribution in [0.1, 0.15) is 24.8 Å². The van der Waals surface area contributed by atoms with Gasteiger partial charge in [-0.2, -0.15) is 0 Å². The molecule has 2 aromatic heterocycles. The molecule has 1 spiro atoms. The second kappa shape index (κ2) is 8.48. The molecule has 4 heterocycles. The van der Waals surface area contributed by atoms with E-state index in [1.165, 1.54) is 10.6 Å². The zero-order valence-electron chi connectivity index (χ0n) is 16.5. The average molecular weight is 409 g/mol. The highest BCUT2D eigenvalue weighted by molar-refractivity contribution is 6.39. The van der Waals surface area contributed by atoms with Crippen LogP contribution in [0.4, 0.5) is 0 Å². The van der Waals surface area contributed by atoms with Crippen molar-refractivity contribution in [2.75, 3.05) is 13.1 Å². The standard InChI is InChI=1S/C21H23N5O4/c27-18-6-1-2-9-25(18)14-19(28)26-10-4-7-21(15-26)11-17(24-30-21)20(29)23-13-16-5-3-8-22-12-16/h1-3,5-6,8-9,12H,4,7,10-11,13-15H2,(H,23,29). The maximum absolute atomic E-state index is 12.7. The van der Waals surface area contributed by atoms with Crippen LogP contribution < -0.4 is 10.9 Å². The van der Waals surface area contributed by atoms with Gasteiger partial charge in [0, 0.05) is 44.2 Å². The first kappa shape index (κ1) is 19.8. The van der Waals surface area contributed by atoms with E-state index < -0.39 is 5.60 Å². The number of nitrogens with one attached hydrogen (secondary N) is 1. The van der Waals surface area contributed by atoms with E-state index in [-0.39, 0.29) is 23.9 Å². The van der Waals surface area contributed by atoms with Gasteiger partial charge in [0.1, 0.15) is 12.3 Å². The fourth-order valence-corrected chi connectivity index (χ4v) is 3.80. The van der Waals surface area contributed by atoms with Crippen LogP contribution in [0.2, 0.25) is 0 Å².